The second-order valence-corrected chi connectivity index (χ2v) is 3.63. The van der Waals surface area contributed by atoms with Crippen molar-refractivity contribution in [1.82, 2.24) is 0 Å². The van der Waals surface area contributed by atoms with Gasteiger partial charge in [-0.15, -0.1) is 0 Å². The van der Waals surface area contributed by atoms with Gasteiger partial charge in [-0.1, -0.05) is 13.8 Å². The van der Waals surface area contributed by atoms with Gasteiger partial charge in [0.15, 0.2) is 0 Å². The quantitative estimate of drug-likeness (QED) is 0.614. The number of nitrogens with two attached hydrogens (primary N) is 1. The molecular formula is C8H17N. The van der Waals surface area contributed by atoms with Gasteiger partial charge in [-0.3, -0.25) is 0 Å². The highest BCUT2D eigenvalue weighted by molar-refractivity contribution is 4.92. The highest BCUT2D eigenvalue weighted by Gasteiger charge is 2.41. The topological polar surface area (TPSA) is 26.0 Å². The Bertz CT molecular complexity index is 94.7. The molecule has 1 rings (SSSR count). The summed E-state index contributed by atoms with van der Waals surface area (Å²) < 4.78 is 0. The van der Waals surface area contributed by atoms with E-state index in [4.69, 9.17) is 5.73 Å². The number of hydrogen-bond donors (Lipinski definition) is 1. The summed E-state index contributed by atoms with van der Waals surface area (Å²) in [6.45, 7) is 5.55. The Hall–Kier alpha value is -0.0400. The Morgan fingerprint density at radius 3 is 2.44 bits per heavy atom. The van der Waals surface area contributed by atoms with Crippen LogP contribution in [0.4, 0.5) is 0 Å². The summed E-state index contributed by atoms with van der Waals surface area (Å²) in [6.07, 6.45) is 4.05. The van der Waals surface area contributed by atoms with Gasteiger partial charge in [0.25, 0.3) is 0 Å². The average molecular weight is 127 g/mol. The Morgan fingerprint density at radius 2 is 2.11 bits per heavy atom. The first kappa shape index (κ1) is 7.07. The fraction of sp³-hybridized carbons (Fsp3) is 1.00. The summed E-state index contributed by atoms with van der Waals surface area (Å²) in [5.41, 5.74) is 6.13. The van der Waals surface area contributed by atoms with Gasteiger partial charge < -0.3 is 5.73 Å². The van der Waals surface area contributed by atoms with Gasteiger partial charge >= 0.3 is 0 Å². The molecule has 1 aliphatic rings. The molecule has 2 N–H and O–H groups in total. The lowest BCUT2D eigenvalue weighted by molar-refractivity contribution is 0.347. The summed E-state index contributed by atoms with van der Waals surface area (Å²) >= 11 is 0. The summed E-state index contributed by atoms with van der Waals surface area (Å²) in [4.78, 5) is 0. The van der Waals surface area contributed by atoms with E-state index in [0.717, 1.165) is 12.5 Å². The second-order valence-electron chi connectivity index (χ2n) is 3.63. The maximum atomic E-state index is 5.45. The molecule has 1 saturated carbocycles. The largest absolute Gasteiger partial charge is 0.330 e. The molecule has 0 aliphatic heterocycles. The molecule has 1 aliphatic carbocycles. The first-order valence-electron chi connectivity index (χ1n) is 3.89. The van der Waals surface area contributed by atoms with E-state index >= 15 is 0 Å². The van der Waals surface area contributed by atoms with Crippen molar-refractivity contribution in [3.8, 4) is 0 Å². The van der Waals surface area contributed by atoms with Crippen LogP contribution in [0.1, 0.15) is 33.1 Å². The molecule has 0 heterocycles. The van der Waals surface area contributed by atoms with Crippen LogP contribution >= 0.6 is 0 Å². The molecule has 1 atom stereocenters. The van der Waals surface area contributed by atoms with E-state index in [1.54, 1.807) is 0 Å². The van der Waals surface area contributed by atoms with E-state index in [0.29, 0.717) is 5.41 Å². The molecule has 0 aromatic carbocycles. The lowest BCUT2D eigenvalue weighted by atomic mass is 9.90. The van der Waals surface area contributed by atoms with Crippen LogP contribution in [0.5, 0.6) is 0 Å². The first-order valence-corrected chi connectivity index (χ1v) is 3.89. The molecular weight excluding hydrogens is 110 g/mol. The molecule has 1 unspecified atom stereocenters. The van der Waals surface area contributed by atoms with Crippen LogP contribution in [0.3, 0.4) is 0 Å². The van der Waals surface area contributed by atoms with Crippen LogP contribution in [-0.4, -0.2) is 6.54 Å². The van der Waals surface area contributed by atoms with E-state index in [2.05, 4.69) is 13.8 Å². The molecule has 0 radical (unpaired) electrons. The van der Waals surface area contributed by atoms with Crippen molar-refractivity contribution in [2.24, 2.45) is 17.1 Å². The van der Waals surface area contributed by atoms with Crippen molar-refractivity contribution in [3.63, 3.8) is 0 Å². The highest BCUT2D eigenvalue weighted by Crippen LogP contribution is 2.52. The summed E-state index contributed by atoms with van der Waals surface area (Å²) in [6, 6.07) is 0. The molecule has 0 spiro atoms. The predicted molar refractivity (Wildman–Crippen MR) is 40.2 cm³/mol. The van der Waals surface area contributed by atoms with Gasteiger partial charge in [0.05, 0.1) is 0 Å². The zero-order valence-corrected chi connectivity index (χ0v) is 6.48. The minimum absolute atomic E-state index is 0.680. The van der Waals surface area contributed by atoms with Crippen molar-refractivity contribution in [2.75, 3.05) is 6.54 Å². The molecule has 0 bridgehead atoms. The minimum Gasteiger partial charge on any atom is -0.330 e. The highest BCUT2D eigenvalue weighted by atomic mass is 14.5. The van der Waals surface area contributed by atoms with Crippen molar-refractivity contribution in [2.45, 2.75) is 33.1 Å². The van der Waals surface area contributed by atoms with Gasteiger partial charge in [0.1, 0.15) is 0 Å². The minimum atomic E-state index is 0.680. The van der Waals surface area contributed by atoms with Crippen molar-refractivity contribution >= 4 is 0 Å². The second kappa shape index (κ2) is 2.30. The fourth-order valence-corrected chi connectivity index (χ4v) is 1.29. The van der Waals surface area contributed by atoms with E-state index < -0.39 is 0 Å². The Kier molecular flexibility index (Phi) is 1.80. The van der Waals surface area contributed by atoms with Crippen LogP contribution in [0.25, 0.3) is 0 Å². The predicted octanol–water partition coefficient (Wildman–Crippen LogP) is 1.77. The van der Waals surface area contributed by atoms with Crippen molar-refractivity contribution in [3.05, 3.63) is 0 Å². The van der Waals surface area contributed by atoms with E-state index in [9.17, 15) is 0 Å². The third-order valence-electron chi connectivity index (χ3n) is 2.83. The zero-order valence-electron chi connectivity index (χ0n) is 6.48. The van der Waals surface area contributed by atoms with Crippen LogP contribution in [0, 0.1) is 11.3 Å². The summed E-state index contributed by atoms with van der Waals surface area (Å²) in [5.74, 6) is 0.850. The monoisotopic (exact) mass is 127 g/mol. The van der Waals surface area contributed by atoms with Gasteiger partial charge in [-0.05, 0) is 37.1 Å². The average Bonchev–Trinajstić information content (AvgIpc) is 2.50. The first-order chi connectivity index (χ1) is 4.19. The molecule has 54 valence electrons. The Morgan fingerprint density at radius 1 is 1.56 bits per heavy atom. The van der Waals surface area contributed by atoms with Crippen LogP contribution in [0.15, 0.2) is 0 Å². The molecule has 0 aromatic heterocycles. The zero-order chi connectivity index (χ0) is 6.91. The fourth-order valence-electron chi connectivity index (χ4n) is 1.29. The SMILES string of the molecule is CC(CCN)C1(C)CC1. The van der Waals surface area contributed by atoms with Gasteiger partial charge in [-0.25, -0.2) is 0 Å². The maximum Gasteiger partial charge on any atom is -0.00745 e. The van der Waals surface area contributed by atoms with Crippen LogP contribution < -0.4 is 5.73 Å². The molecule has 0 aromatic rings. The van der Waals surface area contributed by atoms with Gasteiger partial charge in [0.2, 0.25) is 0 Å². The molecule has 0 saturated heterocycles. The standard InChI is InChI=1S/C8H17N/c1-7(3-6-9)8(2)4-5-8/h7H,3-6,9H2,1-2H3. The van der Waals surface area contributed by atoms with Gasteiger partial charge in [-0.2, -0.15) is 0 Å². The molecule has 9 heavy (non-hydrogen) atoms. The molecule has 0 amide bonds. The third kappa shape index (κ3) is 1.45. The molecule has 1 fully saturated rings. The van der Waals surface area contributed by atoms with Crippen LogP contribution in [0.2, 0.25) is 0 Å². The smallest absolute Gasteiger partial charge is 0.00745 e. The number of hydrogen-bond acceptors (Lipinski definition) is 1. The maximum absolute atomic E-state index is 5.45. The normalized spacial score (nSPS) is 25.7. The Balaban J connectivity index is 2.24. The summed E-state index contributed by atoms with van der Waals surface area (Å²) in [7, 11) is 0. The lowest BCUT2D eigenvalue weighted by Gasteiger charge is -2.16. The van der Waals surface area contributed by atoms with Crippen molar-refractivity contribution < 1.29 is 0 Å². The van der Waals surface area contributed by atoms with Crippen LogP contribution in [-0.2, 0) is 0 Å². The molecule has 1 heteroatoms. The lowest BCUT2D eigenvalue weighted by Crippen LogP contribution is -2.13. The number of rotatable bonds is 3. The van der Waals surface area contributed by atoms with E-state index in [1.807, 2.05) is 0 Å². The van der Waals surface area contributed by atoms with E-state index in [-0.39, 0.29) is 0 Å². The van der Waals surface area contributed by atoms with E-state index in [1.165, 1.54) is 19.3 Å². The van der Waals surface area contributed by atoms with Gasteiger partial charge in [0, 0.05) is 0 Å². The van der Waals surface area contributed by atoms with Crippen molar-refractivity contribution in [1.29, 1.82) is 0 Å². The summed E-state index contributed by atoms with van der Waals surface area (Å²) in [5, 5.41) is 0. The Labute approximate surface area is 57.6 Å². The third-order valence-corrected chi connectivity index (χ3v) is 2.83. The molecule has 1 nitrogen and oxygen atoms in total.